The van der Waals surface area contributed by atoms with Crippen LogP contribution in [0.5, 0.6) is 5.75 Å². The maximum absolute atomic E-state index is 11.2. The molecule has 0 bridgehead atoms. The Kier molecular flexibility index (Phi) is 1.70. The molecule has 1 unspecified atom stereocenters. The predicted octanol–water partition coefficient (Wildman–Crippen LogP) is 2.28. The molecule has 68 valence electrons. The standard InChI is InChI=1S/C9H7ClO3/c1-4-7-5(10)2-3-6(11)8(7)9(12)13-4/h2-4,11H,1H3. The van der Waals surface area contributed by atoms with Crippen LogP contribution in [0.4, 0.5) is 0 Å². The lowest BCUT2D eigenvalue weighted by Crippen LogP contribution is -1.94. The number of hydrogen-bond donors (Lipinski definition) is 1. The summed E-state index contributed by atoms with van der Waals surface area (Å²) in [6, 6.07) is 2.94. The highest BCUT2D eigenvalue weighted by Crippen LogP contribution is 2.39. The van der Waals surface area contributed by atoms with Gasteiger partial charge in [0.1, 0.15) is 17.4 Å². The first kappa shape index (κ1) is 8.38. The number of phenolic OH excluding ortho intramolecular Hbond substituents is 1. The van der Waals surface area contributed by atoms with E-state index >= 15 is 0 Å². The van der Waals surface area contributed by atoms with Crippen molar-refractivity contribution in [2.24, 2.45) is 0 Å². The fourth-order valence-electron chi connectivity index (χ4n) is 1.47. The van der Waals surface area contributed by atoms with E-state index in [0.717, 1.165) is 0 Å². The molecular weight excluding hydrogens is 192 g/mol. The number of cyclic esters (lactones) is 1. The van der Waals surface area contributed by atoms with Crippen molar-refractivity contribution in [3.05, 3.63) is 28.3 Å². The molecule has 1 atom stereocenters. The fourth-order valence-corrected chi connectivity index (χ4v) is 1.78. The summed E-state index contributed by atoms with van der Waals surface area (Å²) in [7, 11) is 0. The molecule has 0 aliphatic carbocycles. The van der Waals surface area contributed by atoms with Crippen LogP contribution < -0.4 is 0 Å². The zero-order valence-electron chi connectivity index (χ0n) is 6.87. The van der Waals surface area contributed by atoms with Crippen LogP contribution in [0.2, 0.25) is 5.02 Å². The SMILES string of the molecule is CC1OC(=O)c2c(O)ccc(Cl)c21. The Morgan fingerprint density at radius 3 is 2.85 bits per heavy atom. The number of ether oxygens (including phenoxy) is 1. The van der Waals surface area contributed by atoms with E-state index in [1.54, 1.807) is 13.0 Å². The summed E-state index contributed by atoms with van der Waals surface area (Å²) in [5, 5.41) is 9.83. The molecule has 2 rings (SSSR count). The van der Waals surface area contributed by atoms with Crippen LogP contribution in [0.15, 0.2) is 12.1 Å². The van der Waals surface area contributed by atoms with E-state index in [1.165, 1.54) is 6.07 Å². The molecule has 0 amide bonds. The molecule has 13 heavy (non-hydrogen) atoms. The molecule has 0 spiro atoms. The summed E-state index contributed by atoms with van der Waals surface area (Å²) in [6.07, 6.45) is -0.373. The maximum Gasteiger partial charge on any atom is 0.343 e. The average Bonchev–Trinajstić information content (AvgIpc) is 2.36. The third-order valence-electron chi connectivity index (χ3n) is 2.06. The lowest BCUT2D eigenvalue weighted by Gasteiger charge is -2.04. The second kappa shape index (κ2) is 2.64. The van der Waals surface area contributed by atoms with Gasteiger partial charge in [-0.2, -0.15) is 0 Å². The molecule has 0 fully saturated rings. The van der Waals surface area contributed by atoms with Gasteiger partial charge in [0.05, 0.1) is 0 Å². The third-order valence-corrected chi connectivity index (χ3v) is 2.39. The van der Waals surface area contributed by atoms with Crippen molar-refractivity contribution in [2.45, 2.75) is 13.0 Å². The van der Waals surface area contributed by atoms with Gasteiger partial charge >= 0.3 is 5.97 Å². The Balaban J connectivity index is 2.74. The second-order valence-electron chi connectivity index (χ2n) is 2.90. The van der Waals surface area contributed by atoms with Gasteiger partial charge in [0.25, 0.3) is 0 Å². The summed E-state index contributed by atoms with van der Waals surface area (Å²) in [6.45, 7) is 1.72. The van der Waals surface area contributed by atoms with Crippen molar-refractivity contribution in [1.82, 2.24) is 0 Å². The number of carbonyl (C=O) groups is 1. The summed E-state index contributed by atoms with van der Waals surface area (Å²) in [5.41, 5.74) is 0.770. The van der Waals surface area contributed by atoms with Crippen LogP contribution in [0.3, 0.4) is 0 Å². The molecule has 1 aromatic rings. The molecule has 0 radical (unpaired) electrons. The smallest absolute Gasteiger partial charge is 0.343 e. The normalized spacial score (nSPS) is 19.8. The van der Waals surface area contributed by atoms with Gasteiger partial charge in [-0.05, 0) is 19.1 Å². The minimum absolute atomic E-state index is 0.0752. The molecule has 1 N–H and O–H groups in total. The van der Waals surface area contributed by atoms with Crippen molar-refractivity contribution < 1.29 is 14.6 Å². The number of fused-ring (bicyclic) bond motifs is 1. The van der Waals surface area contributed by atoms with Crippen LogP contribution in [0, 0.1) is 0 Å². The number of halogens is 1. The fraction of sp³-hybridized carbons (Fsp3) is 0.222. The molecule has 0 saturated carbocycles. The lowest BCUT2D eigenvalue weighted by molar-refractivity contribution is 0.0420. The van der Waals surface area contributed by atoms with E-state index in [0.29, 0.717) is 10.6 Å². The van der Waals surface area contributed by atoms with Crippen LogP contribution in [0.1, 0.15) is 28.9 Å². The minimum atomic E-state index is -0.512. The largest absolute Gasteiger partial charge is 0.507 e. The Labute approximate surface area is 79.9 Å². The number of hydrogen-bond acceptors (Lipinski definition) is 3. The highest BCUT2D eigenvalue weighted by Gasteiger charge is 2.32. The highest BCUT2D eigenvalue weighted by molar-refractivity contribution is 6.32. The average molecular weight is 199 g/mol. The molecule has 1 aliphatic rings. The molecule has 0 aromatic heterocycles. The van der Waals surface area contributed by atoms with Gasteiger partial charge in [-0.25, -0.2) is 4.79 Å². The lowest BCUT2D eigenvalue weighted by atomic mass is 10.1. The van der Waals surface area contributed by atoms with Crippen molar-refractivity contribution >= 4 is 17.6 Å². The van der Waals surface area contributed by atoms with Crippen molar-refractivity contribution in [1.29, 1.82) is 0 Å². The van der Waals surface area contributed by atoms with Gasteiger partial charge in [-0.3, -0.25) is 0 Å². The van der Waals surface area contributed by atoms with E-state index in [9.17, 15) is 9.90 Å². The van der Waals surface area contributed by atoms with Gasteiger partial charge < -0.3 is 9.84 Å². The molecule has 1 aromatic carbocycles. The molecule has 0 saturated heterocycles. The summed E-state index contributed by atoms with van der Waals surface area (Å²) in [5.74, 6) is -0.587. The van der Waals surface area contributed by atoms with Crippen LogP contribution >= 0.6 is 11.6 Å². The van der Waals surface area contributed by atoms with E-state index < -0.39 is 5.97 Å². The predicted molar refractivity (Wildman–Crippen MR) is 46.9 cm³/mol. The van der Waals surface area contributed by atoms with E-state index in [2.05, 4.69) is 0 Å². The van der Waals surface area contributed by atoms with Crippen molar-refractivity contribution in [3.8, 4) is 5.75 Å². The maximum atomic E-state index is 11.2. The van der Waals surface area contributed by atoms with Crippen molar-refractivity contribution in [3.63, 3.8) is 0 Å². The number of phenols is 1. The monoisotopic (exact) mass is 198 g/mol. The van der Waals surface area contributed by atoms with Gasteiger partial charge in [0.2, 0.25) is 0 Å². The van der Waals surface area contributed by atoms with E-state index in [-0.39, 0.29) is 17.4 Å². The quantitative estimate of drug-likeness (QED) is 0.651. The van der Waals surface area contributed by atoms with Gasteiger partial charge in [0, 0.05) is 10.6 Å². The first-order chi connectivity index (χ1) is 6.11. The Bertz CT molecular complexity index is 387. The molecule has 1 aliphatic heterocycles. The summed E-state index contributed by atoms with van der Waals surface area (Å²) >= 11 is 5.86. The van der Waals surface area contributed by atoms with Crippen LogP contribution in [0.25, 0.3) is 0 Å². The second-order valence-corrected chi connectivity index (χ2v) is 3.31. The number of esters is 1. The molecule has 4 heteroatoms. The third kappa shape index (κ3) is 1.08. The topological polar surface area (TPSA) is 46.5 Å². The molecule has 1 heterocycles. The van der Waals surface area contributed by atoms with Crippen molar-refractivity contribution in [2.75, 3.05) is 0 Å². The van der Waals surface area contributed by atoms with E-state index in [1.807, 2.05) is 0 Å². The highest BCUT2D eigenvalue weighted by atomic mass is 35.5. The van der Waals surface area contributed by atoms with E-state index in [4.69, 9.17) is 16.3 Å². The zero-order valence-corrected chi connectivity index (χ0v) is 7.63. The number of aromatic hydroxyl groups is 1. The first-order valence-electron chi connectivity index (χ1n) is 3.83. The number of rotatable bonds is 0. The Morgan fingerprint density at radius 2 is 2.23 bits per heavy atom. The van der Waals surface area contributed by atoms with Gasteiger partial charge in [-0.1, -0.05) is 11.6 Å². The van der Waals surface area contributed by atoms with Crippen LogP contribution in [-0.4, -0.2) is 11.1 Å². The van der Waals surface area contributed by atoms with Gasteiger partial charge in [-0.15, -0.1) is 0 Å². The summed E-state index contributed by atoms with van der Waals surface area (Å²) in [4.78, 5) is 11.2. The van der Waals surface area contributed by atoms with Crippen LogP contribution in [-0.2, 0) is 4.74 Å². The number of benzene rings is 1. The first-order valence-corrected chi connectivity index (χ1v) is 4.21. The summed E-state index contributed by atoms with van der Waals surface area (Å²) < 4.78 is 4.91. The minimum Gasteiger partial charge on any atom is -0.507 e. The zero-order chi connectivity index (χ0) is 9.59. The molecule has 3 nitrogen and oxygen atoms in total. The molecular formula is C9H7ClO3. The van der Waals surface area contributed by atoms with Gasteiger partial charge in [0.15, 0.2) is 0 Å². The number of carbonyl (C=O) groups excluding carboxylic acids is 1. The Morgan fingerprint density at radius 1 is 1.54 bits per heavy atom. The Hall–Kier alpha value is -1.22.